The van der Waals surface area contributed by atoms with Crippen LogP contribution in [-0.2, 0) is 21.4 Å². The highest BCUT2D eigenvalue weighted by Gasteiger charge is 2.13. The highest BCUT2D eigenvalue weighted by molar-refractivity contribution is 7.92. The van der Waals surface area contributed by atoms with Crippen LogP contribution < -0.4 is 4.72 Å². The van der Waals surface area contributed by atoms with E-state index in [9.17, 15) is 8.42 Å². The summed E-state index contributed by atoms with van der Waals surface area (Å²) >= 11 is 1.14. The van der Waals surface area contributed by atoms with Gasteiger partial charge in [-0.25, -0.2) is 13.4 Å². The number of anilines is 1. The Bertz CT molecular complexity index is 773. The fourth-order valence-electron chi connectivity index (χ4n) is 1.84. The van der Waals surface area contributed by atoms with E-state index < -0.39 is 10.0 Å². The number of aromatic nitrogens is 1. The molecule has 1 aromatic heterocycles. The summed E-state index contributed by atoms with van der Waals surface area (Å²) in [6.07, 6.45) is 0.386. The molecule has 0 aliphatic rings. The molecule has 0 saturated heterocycles. The quantitative estimate of drug-likeness (QED) is 0.306. The predicted molar refractivity (Wildman–Crippen MR) is 94.2 cm³/mol. The van der Waals surface area contributed by atoms with Crippen LogP contribution >= 0.6 is 11.3 Å². The molecule has 1 aromatic carbocycles. The number of oxime groups is 1. The Morgan fingerprint density at radius 1 is 1.38 bits per heavy atom. The van der Waals surface area contributed by atoms with Gasteiger partial charge in [0.1, 0.15) is 11.4 Å². The van der Waals surface area contributed by atoms with Gasteiger partial charge in [0, 0.05) is 12.0 Å². The molecule has 0 atom stereocenters. The maximum absolute atomic E-state index is 12.0. The number of ether oxygens (including phenoxy) is 1. The molecule has 130 valence electrons. The Hall–Kier alpha value is -1.97. The van der Waals surface area contributed by atoms with Crippen molar-refractivity contribution in [1.82, 2.24) is 4.98 Å². The lowest BCUT2D eigenvalue weighted by Crippen LogP contribution is -2.18. The molecular weight excluding hydrogens is 350 g/mol. The zero-order valence-electron chi connectivity index (χ0n) is 13.2. The summed E-state index contributed by atoms with van der Waals surface area (Å²) in [6.45, 7) is 2.40. The largest absolute Gasteiger partial charge is 0.411 e. The Morgan fingerprint density at radius 3 is 2.83 bits per heavy atom. The third-order valence-electron chi connectivity index (χ3n) is 3.08. The van der Waals surface area contributed by atoms with Gasteiger partial charge in [-0.05, 0) is 18.9 Å². The van der Waals surface area contributed by atoms with Crippen LogP contribution in [0.3, 0.4) is 0 Å². The van der Waals surface area contributed by atoms with Crippen LogP contribution in [0.4, 0.5) is 5.13 Å². The second-order valence-electron chi connectivity index (χ2n) is 5.04. The van der Waals surface area contributed by atoms with Crippen LogP contribution in [0.25, 0.3) is 0 Å². The Labute approximate surface area is 145 Å². The van der Waals surface area contributed by atoms with E-state index in [1.165, 1.54) is 0 Å². The average molecular weight is 369 g/mol. The summed E-state index contributed by atoms with van der Waals surface area (Å²) < 4.78 is 31.9. The summed E-state index contributed by atoms with van der Waals surface area (Å²) in [4.78, 5) is 4.06. The molecule has 0 saturated carbocycles. The maximum atomic E-state index is 12.0. The molecule has 0 fully saturated rings. The van der Waals surface area contributed by atoms with Gasteiger partial charge >= 0.3 is 0 Å². The third-order valence-corrected chi connectivity index (χ3v) is 5.30. The highest BCUT2D eigenvalue weighted by atomic mass is 32.2. The first-order chi connectivity index (χ1) is 11.5. The van der Waals surface area contributed by atoms with Crippen LogP contribution in [0.5, 0.6) is 0 Å². The smallest absolute Gasteiger partial charge is 0.234 e. The summed E-state index contributed by atoms with van der Waals surface area (Å²) in [7, 11) is -3.48. The first-order valence-corrected chi connectivity index (χ1v) is 9.80. The molecule has 0 amide bonds. The van der Waals surface area contributed by atoms with E-state index in [0.717, 1.165) is 16.9 Å². The van der Waals surface area contributed by atoms with E-state index in [2.05, 4.69) is 14.9 Å². The Balaban J connectivity index is 1.74. The van der Waals surface area contributed by atoms with Crippen LogP contribution in [0, 0.1) is 0 Å². The van der Waals surface area contributed by atoms with Crippen LogP contribution in [0.15, 0.2) is 40.9 Å². The topological polar surface area (TPSA) is 101 Å². The SMILES string of the molecule is C/C(=N/O)c1csc(NS(=O)(=O)CCCOCc2ccccc2)n1. The molecule has 9 heteroatoms. The number of rotatable bonds is 9. The fraction of sp³-hybridized carbons (Fsp3) is 0.333. The van der Waals surface area contributed by atoms with E-state index in [1.54, 1.807) is 12.3 Å². The van der Waals surface area contributed by atoms with E-state index in [4.69, 9.17) is 9.94 Å². The van der Waals surface area contributed by atoms with Gasteiger partial charge in [-0.2, -0.15) is 0 Å². The summed E-state index contributed by atoms with van der Waals surface area (Å²) in [6, 6.07) is 9.70. The van der Waals surface area contributed by atoms with Crippen molar-refractivity contribution in [2.24, 2.45) is 5.16 Å². The number of nitrogens with zero attached hydrogens (tertiary/aromatic N) is 2. The zero-order chi connectivity index (χ0) is 17.4. The second-order valence-corrected chi connectivity index (χ2v) is 7.74. The summed E-state index contributed by atoms with van der Waals surface area (Å²) in [5.41, 5.74) is 1.81. The van der Waals surface area contributed by atoms with Crippen molar-refractivity contribution in [2.75, 3.05) is 17.1 Å². The molecule has 1 heterocycles. The third kappa shape index (κ3) is 5.91. The number of thiazole rings is 1. The molecule has 2 N–H and O–H groups in total. The number of hydrogen-bond acceptors (Lipinski definition) is 7. The normalized spacial score (nSPS) is 12.3. The molecule has 0 radical (unpaired) electrons. The first kappa shape index (κ1) is 18.4. The van der Waals surface area contributed by atoms with Gasteiger partial charge in [0.25, 0.3) is 0 Å². The van der Waals surface area contributed by atoms with Crippen molar-refractivity contribution in [3.05, 3.63) is 47.0 Å². The minimum Gasteiger partial charge on any atom is -0.411 e. The van der Waals surface area contributed by atoms with Crippen LogP contribution in [0.2, 0.25) is 0 Å². The molecule has 0 spiro atoms. The Kier molecular flexibility index (Phi) is 6.71. The maximum Gasteiger partial charge on any atom is 0.234 e. The first-order valence-electron chi connectivity index (χ1n) is 7.27. The van der Waals surface area contributed by atoms with Gasteiger partial charge in [-0.1, -0.05) is 35.5 Å². The van der Waals surface area contributed by atoms with Crippen molar-refractivity contribution in [3.63, 3.8) is 0 Å². The molecule has 0 aliphatic heterocycles. The molecule has 7 nitrogen and oxygen atoms in total. The molecule has 0 aliphatic carbocycles. The standard InChI is InChI=1S/C15H19N3O4S2/c1-12(17-19)14-11-23-15(16-14)18-24(20,21)9-5-8-22-10-13-6-3-2-4-7-13/h2-4,6-7,11,19H,5,8-10H2,1H3,(H,16,18)/b17-12-. The van der Waals surface area contributed by atoms with Crippen LogP contribution in [-0.4, -0.2) is 36.7 Å². The van der Waals surface area contributed by atoms with Crippen molar-refractivity contribution in [1.29, 1.82) is 0 Å². The monoisotopic (exact) mass is 369 g/mol. The average Bonchev–Trinajstić information content (AvgIpc) is 3.02. The highest BCUT2D eigenvalue weighted by Crippen LogP contribution is 2.17. The van der Waals surface area contributed by atoms with Gasteiger partial charge in [-0.15, -0.1) is 11.3 Å². The van der Waals surface area contributed by atoms with E-state index in [0.29, 0.717) is 31.0 Å². The minimum atomic E-state index is -3.48. The molecule has 0 unspecified atom stereocenters. The molecule has 2 aromatic rings. The van der Waals surface area contributed by atoms with Gasteiger partial charge in [0.15, 0.2) is 5.13 Å². The van der Waals surface area contributed by atoms with E-state index in [1.807, 2.05) is 30.3 Å². The van der Waals surface area contributed by atoms with Gasteiger partial charge < -0.3 is 9.94 Å². The van der Waals surface area contributed by atoms with E-state index in [-0.39, 0.29) is 10.9 Å². The zero-order valence-corrected chi connectivity index (χ0v) is 14.8. The molecule has 0 bridgehead atoms. The molecule has 24 heavy (non-hydrogen) atoms. The van der Waals surface area contributed by atoms with Crippen molar-refractivity contribution < 1.29 is 18.4 Å². The molecule has 2 rings (SSSR count). The lowest BCUT2D eigenvalue weighted by Gasteiger charge is -2.06. The van der Waals surface area contributed by atoms with Gasteiger partial charge in [0.2, 0.25) is 10.0 Å². The predicted octanol–water partition coefficient (Wildman–Crippen LogP) is 2.69. The summed E-state index contributed by atoms with van der Waals surface area (Å²) in [5.74, 6) is -0.0518. The van der Waals surface area contributed by atoms with Crippen LogP contribution in [0.1, 0.15) is 24.6 Å². The lowest BCUT2D eigenvalue weighted by molar-refractivity contribution is 0.122. The van der Waals surface area contributed by atoms with Crippen molar-refractivity contribution in [2.45, 2.75) is 20.0 Å². The minimum absolute atomic E-state index is 0.0518. The number of nitrogens with one attached hydrogen (secondary N) is 1. The summed E-state index contributed by atoms with van der Waals surface area (Å²) in [5, 5.41) is 13.6. The van der Waals surface area contributed by atoms with Gasteiger partial charge in [0.05, 0.1) is 12.4 Å². The van der Waals surface area contributed by atoms with Crippen molar-refractivity contribution >= 4 is 32.2 Å². The van der Waals surface area contributed by atoms with Crippen molar-refractivity contribution in [3.8, 4) is 0 Å². The fourth-order valence-corrected chi connectivity index (χ4v) is 3.92. The lowest BCUT2D eigenvalue weighted by atomic mass is 10.2. The number of hydrogen-bond donors (Lipinski definition) is 2. The number of sulfonamides is 1. The Morgan fingerprint density at radius 2 is 2.12 bits per heavy atom. The second kappa shape index (κ2) is 8.76. The number of benzene rings is 1. The molecular formula is C15H19N3O4S2. The van der Waals surface area contributed by atoms with E-state index >= 15 is 0 Å². The van der Waals surface area contributed by atoms with Gasteiger partial charge in [-0.3, -0.25) is 4.72 Å².